The Labute approximate surface area is 313 Å². The van der Waals surface area contributed by atoms with Crippen LogP contribution in [0.1, 0.15) is 93.0 Å². The Kier molecular flexibility index (Phi) is 11.6. The number of carbonyl (C=O) groups excluding carboxylic acids is 4. The highest BCUT2D eigenvalue weighted by Gasteiger charge is 2.51. The van der Waals surface area contributed by atoms with Crippen molar-refractivity contribution in [3.8, 4) is 5.88 Å². The SMILES string of the molecule is Cc1cc(C(=O)N[C@@H](CCCCC/C=C\C2CC2)C(=O)N2C[C@H](Oc3nc4c(F)cccc4nc3C)C[C@H]2C(=O)NCC(=O)NS(=O)(=O)C2(C)CC2)n[nH]1. The maximum absolute atomic E-state index is 14.6. The summed E-state index contributed by atoms with van der Waals surface area (Å²) >= 11 is 0. The summed E-state index contributed by atoms with van der Waals surface area (Å²) in [6.45, 7) is 4.17. The van der Waals surface area contributed by atoms with Gasteiger partial charge in [-0.25, -0.2) is 22.8 Å². The summed E-state index contributed by atoms with van der Waals surface area (Å²) in [6, 6.07) is 3.75. The van der Waals surface area contributed by atoms with Crippen LogP contribution in [0.4, 0.5) is 4.39 Å². The number of para-hydroxylation sites is 1. The molecule has 3 fully saturated rings. The molecule has 0 radical (unpaired) electrons. The van der Waals surface area contributed by atoms with E-state index in [1.165, 1.54) is 36.8 Å². The number of sulfonamides is 1. The summed E-state index contributed by atoms with van der Waals surface area (Å²) in [4.78, 5) is 64.1. The minimum atomic E-state index is -3.93. The number of benzene rings is 1. The van der Waals surface area contributed by atoms with E-state index in [1.54, 1.807) is 26.0 Å². The minimum absolute atomic E-state index is 0.00115. The lowest BCUT2D eigenvalue weighted by molar-refractivity contribution is -0.140. The van der Waals surface area contributed by atoms with Crippen LogP contribution in [0.2, 0.25) is 0 Å². The Balaban J connectivity index is 1.19. The highest BCUT2D eigenvalue weighted by molar-refractivity contribution is 7.91. The number of aromatic amines is 1. The topological polar surface area (TPSA) is 205 Å². The van der Waals surface area contributed by atoms with Gasteiger partial charge in [0.1, 0.15) is 35.1 Å². The number of halogens is 1. The first-order valence-electron chi connectivity index (χ1n) is 18.5. The monoisotopic (exact) mass is 766 g/mol. The van der Waals surface area contributed by atoms with E-state index in [0.29, 0.717) is 42.1 Å². The number of hydrogen-bond donors (Lipinski definition) is 4. The fourth-order valence-electron chi connectivity index (χ4n) is 6.39. The summed E-state index contributed by atoms with van der Waals surface area (Å²) in [5.74, 6) is -2.62. The van der Waals surface area contributed by atoms with Crippen LogP contribution in [0, 0.1) is 25.6 Å². The number of rotatable bonds is 17. The summed E-state index contributed by atoms with van der Waals surface area (Å²) in [5.41, 5.74) is 1.46. The molecule has 6 rings (SSSR count). The van der Waals surface area contributed by atoms with E-state index in [9.17, 15) is 32.0 Å². The molecule has 1 aromatic carbocycles. The molecule has 0 bridgehead atoms. The third-order valence-corrected chi connectivity index (χ3v) is 12.3. The predicted molar refractivity (Wildman–Crippen MR) is 196 cm³/mol. The van der Waals surface area contributed by atoms with Crippen molar-refractivity contribution >= 4 is 44.7 Å². The van der Waals surface area contributed by atoms with Gasteiger partial charge in [-0.2, -0.15) is 5.10 Å². The first-order chi connectivity index (χ1) is 25.7. The second kappa shape index (κ2) is 16.2. The number of aromatic nitrogens is 4. The molecular formula is C37H47FN8O7S. The zero-order chi connectivity index (χ0) is 38.6. The number of hydrogen-bond acceptors (Lipinski definition) is 10. The minimum Gasteiger partial charge on any atom is -0.471 e. The van der Waals surface area contributed by atoms with Crippen LogP contribution in [0.25, 0.3) is 11.0 Å². The fourth-order valence-corrected chi connectivity index (χ4v) is 7.65. The molecule has 3 aliphatic rings. The molecule has 3 atom stereocenters. The van der Waals surface area contributed by atoms with Crippen LogP contribution in [0.15, 0.2) is 36.4 Å². The van der Waals surface area contributed by atoms with Crippen molar-refractivity contribution in [3.63, 3.8) is 0 Å². The van der Waals surface area contributed by atoms with Crippen molar-refractivity contribution in [2.75, 3.05) is 13.1 Å². The Morgan fingerprint density at radius 1 is 1.13 bits per heavy atom. The zero-order valence-electron chi connectivity index (χ0n) is 30.7. The van der Waals surface area contributed by atoms with Crippen LogP contribution in [-0.4, -0.2) is 93.1 Å². The van der Waals surface area contributed by atoms with Crippen molar-refractivity contribution in [1.29, 1.82) is 0 Å². The van der Waals surface area contributed by atoms with Crippen molar-refractivity contribution < 1.29 is 36.7 Å². The molecule has 4 amide bonds. The number of unbranched alkanes of at least 4 members (excludes halogenated alkanes) is 3. The number of ether oxygens (including phenoxy) is 1. The number of carbonyl (C=O) groups is 4. The molecule has 2 aliphatic carbocycles. The van der Waals surface area contributed by atoms with E-state index in [4.69, 9.17) is 4.74 Å². The second-order valence-electron chi connectivity index (χ2n) is 14.8. The number of nitrogens with one attached hydrogen (secondary N) is 4. The van der Waals surface area contributed by atoms with Gasteiger partial charge in [-0.3, -0.25) is 29.0 Å². The lowest BCUT2D eigenvalue weighted by Crippen LogP contribution is -2.54. The summed E-state index contributed by atoms with van der Waals surface area (Å²) in [6.07, 6.45) is 10.4. The zero-order valence-corrected chi connectivity index (χ0v) is 31.5. The van der Waals surface area contributed by atoms with Crippen LogP contribution in [0.5, 0.6) is 5.88 Å². The van der Waals surface area contributed by atoms with E-state index >= 15 is 0 Å². The second-order valence-corrected chi connectivity index (χ2v) is 17.0. The largest absolute Gasteiger partial charge is 0.471 e. The molecule has 2 saturated carbocycles. The van der Waals surface area contributed by atoms with Gasteiger partial charge in [-0.1, -0.05) is 31.1 Å². The van der Waals surface area contributed by atoms with Gasteiger partial charge >= 0.3 is 0 Å². The van der Waals surface area contributed by atoms with Crippen LogP contribution in [-0.2, 0) is 24.4 Å². The number of H-pyrrole nitrogens is 1. The number of nitrogens with zero attached hydrogens (tertiary/aromatic N) is 4. The highest BCUT2D eigenvalue weighted by Crippen LogP contribution is 2.42. The number of aryl methyl sites for hydroxylation is 2. The van der Waals surface area contributed by atoms with E-state index in [-0.39, 0.29) is 36.5 Å². The highest BCUT2D eigenvalue weighted by atomic mass is 32.2. The molecular weight excluding hydrogens is 720 g/mol. The molecule has 0 unspecified atom stereocenters. The van der Waals surface area contributed by atoms with Gasteiger partial charge in [0.05, 0.1) is 23.4 Å². The Morgan fingerprint density at radius 2 is 1.91 bits per heavy atom. The summed E-state index contributed by atoms with van der Waals surface area (Å²) < 4.78 is 47.0. The van der Waals surface area contributed by atoms with Crippen LogP contribution in [0.3, 0.4) is 0 Å². The molecule has 0 spiro atoms. The Hall–Kier alpha value is -4.93. The molecule has 3 aromatic rings. The number of likely N-dealkylation sites (tertiary alicyclic amines) is 1. The lowest BCUT2D eigenvalue weighted by atomic mass is 10.0. The molecule has 290 valence electrons. The molecule has 3 heterocycles. The molecule has 1 aliphatic heterocycles. The Morgan fingerprint density at radius 3 is 2.61 bits per heavy atom. The third-order valence-electron chi connectivity index (χ3n) is 10.1. The average molecular weight is 767 g/mol. The number of amides is 4. The smallest absolute Gasteiger partial charge is 0.272 e. The molecule has 2 aromatic heterocycles. The van der Waals surface area contributed by atoms with Crippen LogP contribution >= 0.6 is 0 Å². The van der Waals surface area contributed by atoms with Gasteiger partial charge in [0, 0.05) is 12.1 Å². The van der Waals surface area contributed by atoms with Gasteiger partial charge in [-0.05, 0) is 89.8 Å². The van der Waals surface area contributed by atoms with E-state index in [2.05, 4.69) is 43.0 Å². The third kappa shape index (κ3) is 9.40. The van der Waals surface area contributed by atoms with Crippen LogP contribution < -0.4 is 20.1 Å². The van der Waals surface area contributed by atoms with E-state index < -0.39 is 68.9 Å². The number of allylic oxidation sites excluding steroid dienone is 2. The number of fused-ring (bicyclic) bond motifs is 1. The summed E-state index contributed by atoms with van der Waals surface area (Å²) in [5, 5.41) is 12.0. The van der Waals surface area contributed by atoms with Gasteiger partial charge < -0.3 is 20.3 Å². The maximum atomic E-state index is 14.6. The molecule has 4 N–H and O–H groups in total. The van der Waals surface area contributed by atoms with Gasteiger partial charge in [-0.15, -0.1) is 0 Å². The lowest BCUT2D eigenvalue weighted by Gasteiger charge is -2.28. The Bertz CT molecular complexity index is 2050. The first kappa shape index (κ1) is 38.8. The van der Waals surface area contributed by atoms with Crippen molar-refractivity contribution in [1.82, 2.24) is 40.4 Å². The van der Waals surface area contributed by atoms with Gasteiger partial charge in [0.15, 0.2) is 5.82 Å². The summed E-state index contributed by atoms with van der Waals surface area (Å²) in [7, 11) is -3.93. The molecule has 17 heteroatoms. The van der Waals surface area contributed by atoms with Crippen molar-refractivity contribution in [3.05, 3.63) is 59.3 Å². The molecule has 15 nitrogen and oxygen atoms in total. The first-order valence-corrected chi connectivity index (χ1v) is 19.9. The molecule has 1 saturated heterocycles. The van der Waals surface area contributed by atoms with Gasteiger partial charge in [0.2, 0.25) is 27.7 Å². The normalized spacial score (nSPS) is 19.8. The van der Waals surface area contributed by atoms with Crippen molar-refractivity contribution in [2.45, 2.75) is 108 Å². The predicted octanol–water partition coefficient (Wildman–Crippen LogP) is 3.29. The van der Waals surface area contributed by atoms with E-state index in [0.717, 1.165) is 19.3 Å². The van der Waals surface area contributed by atoms with Crippen molar-refractivity contribution in [2.24, 2.45) is 5.92 Å². The van der Waals surface area contributed by atoms with E-state index in [1.807, 2.05) is 4.72 Å². The maximum Gasteiger partial charge on any atom is 0.272 e. The standard InChI is InChI=1S/C37H47FN8O7S/c1-22-18-29(44-43-22)33(48)41-28(12-8-6-4-5-7-10-24-14-15-24)36(50)46-21-25(53-35-23(2)40-27-13-9-11-26(38)32(27)42-35)19-30(46)34(49)39-20-31(47)45-54(51,52)37(3)16-17-37/h7,9-11,13,18,24-25,28,30H,4-6,8,12,14-17,19-21H2,1-3H3,(H,39,49)(H,41,48)(H,43,44)(H,45,47)/b10-7-/t25-,28+,30+/m1/s1. The average Bonchev–Trinajstić information content (AvgIpc) is 4.02. The fraction of sp³-hybridized carbons (Fsp3) is 0.541. The molecule has 54 heavy (non-hydrogen) atoms. The quantitative estimate of drug-likeness (QED) is 0.117. The van der Waals surface area contributed by atoms with Gasteiger partial charge in [0.25, 0.3) is 11.8 Å².